The van der Waals surface area contributed by atoms with Gasteiger partial charge in [-0.05, 0) is 12.1 Å². The van der Waals surface area contributed by atoms with Gasteiger partial charge in [-0.2, -0.15) is 8.78 Å². The average Bonchev–Trinajstić information content (AvgIpc) is 2.58. The first-order valence-electron chi connectivity index (χ1n) is 4.14. The number of benzene rings is 1. The van der Waals surface area contributed by atoms with Gasteiger partial charge in [0.25, 0.3) is 0 Å². The molecule has 0 saturated heterocycles. The van der Waals surface area contributed by atoms with Crippen LogP contribution in [0.3, 0.4) is 0 Å². The van der Waals surface area contributed by atoms with Crippen molar-refractivity contribution < 1.29 is 23.0 Å². The van der Waals surface area contributed by atoms with Crippen LogP contribution in [0.4, 0.5) is 8.78 Å². The minimum Gasteiger partial charge on any atom is -0.438 e. The van der Waals surface area contributed by atoms with Gasteiger partial charge >= 0.3 is 6.61 Å². The molecule has 2 aromatic rings. The number of fused-ring (bicyclic) bond motifs is 1. The number of hydrogen-bond donors (Lipinski definition) is 1. The molecule has 0 unspecified atom stereocenters. The molecule has 2 rings (SSSR count). The van der Waals surface area contributed by atoms with Gasteiger partial charge in [-0.25, -0.2) is 4.98 Å². The summed E-state index contributed by atoms with van der Waals surface area (Å²) in [5.41, 5.74) is 0.790. The zero-order valence-corrected chi connectivity index (χ0v) is 7.48. The first kappa shape index (κ1) is 9.85. The lowest BCUT2D eigenvalue weighted by Crippen LogP contribution is -2.01. The summed E-state index contributed by atoms with van der Waals surface area (Å²) >= 11 is 0. The van der Waals surface area contributed by atoms with Crippen LogP contribution in [-0.4, -0.2) is 16.7 Å². The Morgan fingerprint density at radius 2 is 2.27 bits per heavy atom. The monoisotopic (exact) mass is 215 g/mol. The van der Waals surface area contributed by atoms with Crippen molar-refractivity contribution in [3.8, 4) is 5.75 Å². The SMILES string of the molecule is OCc1nc2cc(OC(F)F)ccc2o1. The first-order chi connectivity index (χ1) is 7.19. The summed E-state index contributed by atoms with van der Waals surface area (Å²) in [5, 5.41) is 8.75. The Labute approximate surface area is 83.1 Å². The molecule has 0 bridgehead atoms. The Bertz CT molecular complexity index is 469. The maximum absolute atomic E-state index is 11.9. The molecule has 0 radical (unpaired) electrons. The fourth-order valence-electron chi connectivity index (χ4n) is 1.20. The number of halogens is 2. The second kappa shape index (κ2) is 3.82. The largest absolute Gasteiger partial charge is 0.438 e. The van der Waals surface area contributed by atoms with E-state index < -0.39 is 6.61 Å². The van der Waals surface area contributed by atoms with Crippen molar-refractivity contribution in [3.05, 3.63) is 24.1 Å². The summed E-state index contributed by atoms with van der Waals surface area (Å²) in [6.45, 7) is -3.20. The lowest BCUT2D eigenvalue weighted by Gasteiger charge is -2.02. The van der Waals surface area contributed by atoms with E-state index in [1.807, 2.05) is 0 Å². The third-order valence-corrected chi connectivity index (χ3v) is 1.76. The topological polar surface area (TPSA) is 55.5 Å². The predicted molar refractivity (Wildman–Crippen MR) is 46.6 cm³/mol. The van der Waals surface area contributed by atoms with Gasteiger partial charge in [-0.15, -0.1) is 0 Å². The Balaban J connectivity index is 2.37. The molecule has 4 nitrogen and oxygen atoms in total. The number of aliphatic hydroxyl groups excluding tert-OH is 1. The predicted octanol–water partition coefficient (Wildman–Crippen LogP) is 1.92. The van der Waals surface area contributed by atoms with E-state index in [4.69, 9.17) is 9.52 Å². The van der Waals surface area contributed by atoms with Gasteiger partial charge in [0.2, 0.25) is 5.89 Å². The molecule has 0 aliphatic carbocycles. The van der Waals surface area contributed by atoms with E-state index in [2.05, 4.69) is 9.72 Å². The first-order valence-corrected chi connectivity index (χ1v) is 4.14. The molecule has 1 aromatic heterocycles. The molecule has 0 saturated carbocycles. The molecular formula is C9H7F2NO3. The van der Waals surface area contributed by atoms with E-state index >= 15 is 0 Å². The van der Waals surface area contributed by atoms with Crippen molar-refractivity contribution >= 4 is 11.1 Å². The Kier molecular flexibility index (Phi) is 2.51. The number of rotatable bonds is 3. The van der Waals surface area contributed by atoms with Gasteiger partial charge in [0, 0.05) is 6.07 Å². The molecule has 80 valence electrons. The molecule has 0 atom stereocenters. The van der Waals surface area contributed by atoms with Crippen molar-refractivity contribution in [1.29, 1.82) is 0 Å². The van der Waals surface area contributed by atoms with Crippen LogP contribution in [0.15, 0.2) is 22.6 Å². The molecule has 0 fully saturated rings. The Morgan fingerprint density at radius 1 is 1.47 bits per heavy atom. The molecule has 0 spiro atoms. The van der Waals surface area contributed by atoms with Crippen LogP contribution in [0.25, 0.3) is 11.1 Å². The number of nitrogens with zero attached hydrogens (tertiary/aromatic N) is 1. The van der Waals surface area contributed by atoms with E-state index in [-0.39, 0.29) is 18.2 Å². The molecule has 0 amide bonds. The number of oxazole rings is 1. The highest BCUT2D eigenvalue weighted by Gasteiger charge is 2.08. The zero-order chi connectivity index (χ0) is 10.8. The third kappa shape index (κ3) is 2.04. The van der Waals surface area contributed by atoms with E-state index in [1.165, 1.54) is 18.2 Å². The lowest BCUT2D eigenvalue weighted by molar-refractivity contribution is -0.0497. The molecule has 1 heterocycles. The highest BCUT2D eigenvalue weighted by atomic mass is 19.3. The van der Waals surface area contributed by atoms with Crippen molar-refractivity contribution in [2.45, 2.75) is 13.2 Å². The van der Waals surface area contributed by atoms with Crippen LogP contribution in [0.2, 0.25) is 0 Å². The Hall–Kier alpha value is -1.69. The number of aliphatic hydroxyl groups is 1. The lowest BCUT2D eigenvalue weighted by atomic mass is 10.3. The molecular weight excluding hydrogens is 208 g/mol. The fraction of sp³-hybridized carbons (Fsp3) is 0.222. The number of ether oxygens (including phenoxy) is 1. The number of aromatic nitrogens is 1. The van der Waals surface area contributed by atoms with Gasteiger partial charge in [-0.1, -0.05) is 0 Å². The van der Waals surface area contributed by atoms with Crippen LogP contribution in [0.5, 0.6) is 5.75 Å². The molecule has 1 aromatic carbocycles. The summed E-state index contributed by atoms with van der Waals surface area (Å²) in [5.74, 6) is 0.148. The second-order valence-electron chi connectivity index (χ2n) is 2.77. The molecule has 0 aliphatic rings. The van der Waals surface area contributed by atoms with Gasteiger partial charge in [0.05, 0.1) is 0 Å². The van der Waals surface area contributed by atoms with Gasteiger partial charge in [0.15, 0.2) is 5.58 Å². The van der Waals surface area contributed by atoms with Crippen molar-refractivity contribution in [2.24, 2.45) is 0 Å². The molecule has 0 aliphatic heterocycles. The van der Waals surface area contributed by atoms with Gasteiger partial charge in [-0.3, -0.25) is 0 Å². The quantitative estimate of drug-likeness (QED) is 0.849. The average molecular weight is 215 g/mol. The molecule has 6 heteroatoms. The Morgan fingerprint density at radius 3 is 2.93 bits per heavy atom. The minimum absolute atomic E-state index is 0.00953. The maximum Gasteiger partial charge on any atom is 0.387 e. The highest BCUT2D eigenvalue weighted by molar-refractivity contribution is 5.74. The van der Waals surface area contributed by atoms with Crippen molar-refractivity contribution in [3.63, 3.8) is 0 Å². The highest BCUT2D eigenvalue weighted by Crippen LogP contribution is 2.22. The molecule has 1 N–H and O–H groups in total. The standard InChI is InChI=1S/C9H7F2NO3/c10-9(11)14-5-1-2-7-6(3-5)12-8(4-13)15-7/h1-3,9,13H,4H2. The van der Waals surface area contributed by atoms with Crippen molar-refractivity contribution in [1.82, 2.24) is 4.98 Å². The summed E-state index contributed by atoms with van der Waals surface area (Å²) < 4.78 is 33.0. The van der Waals surface area contributed by atoms with Crippen LogP contribution in [-0.2, 0) is 6.61 Å². The van der Waals surface area contributed by atoms with Gasteiger partial charge in [0.1, 0.15) is 17.9 Å². The third-order valence-electron chi connectivity index (χ3n) is 1.76. The normalized spacial score (nSPS) is 11.2. The smallest absolute Gasteiger partial charge is 0.387 e. The second-order valence-corrected chi connectivity index (χ2v) is 2.77. The van der Waals surface area contributed by atoms with Gasteiger partial charge < -0.3 is 14.3 Å². The maximum atomic E-state index is 11.9. The number of alkyl halides is 2. The van der Waals surface area contributed by atoms with E-state index in [0.717, 1.165) is 0 Å². The van der Waals surface area contributed by atoms with Crippen LogP contribution >= 0.6 is 0 Å². The minimum atomic E-state index is -2.87. The number of hydrogen-bond acceptors (Lipinski definition) is 4. The summed E-state index contributed by atoms with van der Waals surface area (Å²) in [6, 6.07) is 4.13. The van der Waals surface area contributed by atoms with E-state index in [0.29, 0.717) is 11.1 Å². The van der Waals surface area contributed by atoms with Crippen molar-refractivity contribution in [2.75, 3.05) is 0 Å². The summed E-state index contributed by atoms with van der Waals surface area (Å²) in [4.78, 5) is 3.86. The van der Waals surface area contributed by atoms with Crippen LogP contribution in [0.1, 0.15) is 5.89 Å². The zero-order valence-electron chi connectivity index (χ0n) is 7.48. The van der Waals surface area contributed by atoms with Crippen LogP contribution in [0, 0.1) is 0 Å². The summed E-state index contributed by atoms with van der Waals surface area (Å²) in [7, 11) is 0. The van der Waals surface area contributed by atoms with E-state index in [1.54, 1.807) is 0 Å². The fourth-order valence-corrected chi connectivity index (χ4v) is 1.20. The molecule has 15 heavy (non-hydrogen) atoms. The van der Waals surface area contributed by atoms with E-state index in [9.17, 15) is 8.78 Å². The summed E-state index contributed by atoms with van der Waals surface area (Å²) in [6.07, 6.45) is 0. The van der Waals surface area contributed by atoms with Crippen LogP contribution < -0.4 is 4.74 Å².